The predicted octanol–water partition coefficient (Wildman–Crippen LogP) is 29.5. The molecule has 0 bridgehead atoms. The van der Waals surface area contributed by atoms with Crippen LogP contribution in [0.15, 0.2) is 341 Å². The van der Waals surface area contributed by atoms with Gasteiger partial charge in [0.15, 0.2) is 0 Å². The lowest BCUT2D eigenvalue weighted by atomic mass is 9.91. The molecule has 0 aliphatic heterocycles. The second-order valence-electron chi connectivity index (χ2n) is 28.6. The summed E-state index contributed by atoms with van der Waals surface area (Å²) in [6, 6.07) is 118. The Morgan fingerprint density at radius 1 is 0.162 bits per heavy atom. The lowest BCUT2D eigenvalue weighted by Crippen LogP contribution is -1.87. The van der Waals surface area contributed by atoms with Gasteiger partial charge in [-0.05, 0) is 263 Å². The Balaban J connectivity index is 0.000000108. The minimum absolute atomic E-state index is 0.939. The number of benzene rings is 18. The summed E-state index contributed by atoms with van der Waals surface area (Å²) in [5.41, 5.74) is 27.4. The number of para-hydroxylation sites is 2. The van der Waals surface area contributed by atoms with E-state index in [4.69, 9.17) is 13.3 Å². The van der Waals surface area contributed by atoms with Crippen LogP contribution in [0.5, 0.6) is 0 Å². The van der Waals surface area contributed by atoms with Crippen molar-refractivity contribution in [3.63, 3.8) is 0 Å². The minimum atomic E-state index is 0.939. The van der Waals surface area contributed by atoms with E-state index in [1.165, 1.54) is 164 Å². The van der Waals surface area contributed by atoms with Crippen molar-refractivity contribution in [1.82, 2.24) is 0 Å². The van der Waals surface area contributed by atoms with Crippen LogP contribution < -0.4 is 0 Å². The highest BCUT2D eigenvalue weighted by Crippen LogP contribution is 2.46. The van der Waals surface area contributed by atoms with Crippen LogP contribution in [-0.2, 0) is 0 Å². The van der Waals surface area contributed by atoms with Gasteiger partial charge in [-0.1, -0.05) is 254 Å². The molecule has 18 aromatic carbocycles. The van der Waals surface area contributed by atoms with Crippen LogP contribution in [0, 0.1) is 41.5 Å². The summed E-state index contributed by atoms with van der Waals surface area (Å²) < 4.78 is 19.4. The predicted molar refractivity (Wildman–Crippen MR) is 447 cm³/mol. The van der Waals surface area contributed by atoms with E-state index in [1.807, 2.05) is 0 Å². The molecule has 3 heterocycles. The van der Waals surface area contributed by atoms with E-state index in [9.17, 15) is 0 Å². The fourth-order valence-corrected chi connectivity index (χ4v) is 16.7. The number of aryl methyl sites for hydroxylation is 6. The zero-order chi connectivity index (χ0) is 70.6. The Hall–Kier alpha value is -13.1. The topological polar surface area (TPSA) is 39.4 Å². The van der Waals surface area contributed by atoms with Crippen molar-refractivity contribution in [1.29, 1.82) is 0 Å². The normalized spacial score (nSPS) is 11.7. The number of rotatable bonds is 6. The molecule has 3 aromatic heterocycles. The zero-order valence-electron chi connectivity index (χ0n) is 59.4. The van der Waals surface area contributed by atoms with Crippen LogP contribution in [0.25, 0.3) is 197 Å². The van der Waals surface area contributed by atoms with Gasteiger partial charge in [-0.25, -0.2) is 0 Å². The maximum atomic E-state index is 6.55. The average molecular weight is 1350 g/mol. The van der Waals surface area contributed by atoms with Gasteiger partial charge in [-0.3, -0.25) is 0 Å². The molecule has 3 heteroatoms. The smallest absolute Gasteiger partial charge is 0.143 e. The summed E-state index contributed by atoms with van der Waals surface area (Å²) >= 11 is 0. The number of hydrogen-bond donors (Lipinski definition) is 0. The molecule has 0 saturated carbocycles. The summed E-state index contributed by atoms with van der Waals surface area (Å²) in [5, 5.41) is 22.4. The second-order valence-corrected chi connectivity index (χ2v) is 28.6. The van der Waals surface area contributed by atoms with Crippen LogP contribution in [0.1, 0.15) is 33.4 Å². The van der Waals surface area contributed by atoms with Crippen LogP contribution in [-0.4, -0.2) is 0 Å². The summed E-state index contributed by atoms with van der Waals surface area (Å²) in [6.45, 7) is 12.9. The number of hydrogen-bond acceptors (Lipinski definition) is 3. The monoisotopic (exact) mass is 1340 g/mol. The van der Waals surface area contributed by atoms with Gasteiger partial charge in [0.2, 0.25) is 0 Å². The molecule has 105 heavy (non-hydrogen) atoms. The first kappa shape index (κ1) is 62.9. The Morgan fingerprint density at radius 3 is 0.962 bits per heavy atom. The molecule has 21 aromatic rings. The molecular weight excluding hydrogens is 1270 g/mol. The highest BCUT2D eigenvalue weighted by Gasteiger charge is 2.21. The van der Waals surface area contributed by atoms with Crippen molar-refractivity contribution < 1.29 is 13.3 Å². The largest absolute Gasteiger partial charge is 0.455 e. The molecule has 3 nitrogen and oxygen atoms in total. The molecule has 0 atom stereocenters. The minimum Gasteiger partial charge on any atom is -0.455 e. The molecule has 0 aliphatic rings. The summed E-state index contributed by atoms with van der Waals surface area (Å²) in [6.07, 6.45) is 0. The Labute approximate surface area is 609 Å². The van der Waals surface area contributed by atoms with E-state index < -0.39 is 0 Å². The molecule has 0 saturated heterocycles. The molecule has 498 valence electrons. The molecule has 0 N–H and O–H groups in total. The van der Waals surface area contributed by atoms with E-state index in [-0.39, 0.29) is 0 Å². The van der Waals surface area contributed by atoms with E-state index in [2.05, 4.69) is 369 Å². The molecule has 21 rings (SSSR count). The van der Waals surface area contributed by atoms with E-state index in [0.29, 0.717) is 0 Å². The van der Waals surface area contributed by atoms with Crippen molar-refractivity contribution in [3.8, 4) is 66.8 Å². The molecular formula is C102H72O3. The first-order chi connectivity index (χ1) is 51.5. The first-order valence-electron chi connectivity index (χ1n) is 36.3. The lowest BCUT2D eigenvalue weighted by Gasteiger charge is -2.13. The highest BCUT2D eigenvalue weighted by molar-refractivity contribution is 6.19. The quantitative estimate of drug-likeness (QED) is 0.156. The van der Waals surface area contributed by atoms with Crippen molar-refractivity contribution >= 4 is 130 Å². The Kier molecular flexibility index (Phi) is 15.2. The summed E-state index contributed by atoms with van der Waals surface area (Å²) in [7, 11) is 0. The van der Waals surface area contributed by atoms with E-state index in [1.54, 1.807) is 0 Å². The van der Waals surface area contributed by atoms with Crippen LogP contribution in [0.4, 0.5) is 0 Å². The maximum Gasteiger partial charge on any atom is 0.143 e. The van der Waals surface area contributed by atoms with Gasteiger partial charge in [0.1, 0.15) is 33.5 Å². The third kappa shape index (κ3) is 11.0. The van der Waals surface area contributed by atoms with Crippen LogP contribution in [0.2, 0.25) is 0 Å². The molecule has 0 amide bonds. The maximum absolute atomic E-state index is 6.55. The molecule has 0 fully saturated rings. The van der Waals surface area contributed by atoms with Gasteiger partial charge in [0.05, 0.1) is 0 Å². The van der Waals surface area contributed by atoms with E-state index >= 15 is 0 Å². The van der Waals surface area contributed by atoms with Crippen LogP contribution in [0.3, 0.4) is 0 Å². The highest BCUT2D eigenvalue weighted by atomic mass is 16.3. The van der Waals surface area contributed by atoms with Gasteiger partial charge in [-0.15, -0.1) is 0 Å². The summed E-state index contributed by atoms with van der Waals surface area (Å²) in [4.78, 5) is 0. The molecule has 0 radical (unpaired) electrons. The van der Waals surface area contributed by atoms with Gasteiger partial charge in [0, 0.05) is 49.0 Å². The van der Waals surface area contributed by atoms with Gasteiger partial charge in [-0.2, -0.15) is 0 Å². The lowest BCUT2D eigenvalue weighted by molar-refractivity contribution is 0.666. The summed E-state index contributed by atoms with van der Waals surface area (Å²) in [5.74, 6) is 0. The fraction of sp³-hybridized carbons (Fsp3) is 0.0588. The Bertz CT molecular complexity index is 7110. The Morgan fingerprint density at radius 2 is 0.486 bits per heavy atom. The number of furan rings is 3. The average Bonchev–Trinajstić information content (AvgIpc) is 1.67. The van der Waals surface area contributed by atoms with Crippen molar-refractivity contribution in [2.24, 2.45) is 0 Å². The third-order valence-electron chi connectivity index (χ3n) is 21.5. The zero-order valence-corrected chi connectivity index (χ0v) is 59.4. The van der Waals surface area contributed by atoms with Gasteiger partial charge in [0.25, 0.3) is 0 Å². The molecule has 0 spiro atoms. The van der Waals surface area contributed by atoms with Crippen molar-refractivity contribution in [2.45, 2.75) is 41.5 Å². The fourth-order valence-electron chi connectivity index (χ4n) is 16.7. The van der Waals surface area contributed by atoms with Crippen LogP contribution >= 0.6 is 0 Å². The molecule has 0 aliphatic carbocycles. The van der Waals surface area contributed by atoms with Crippen molar-refractivity contribution in [3.05, 3.63) is 361 Å². The number of fused-ring (bicyclic) bond motifs is 18. The molecule has 0 unspecified atom stereocenters. The SMILES string of the molecule is Cc1cc(C)c2oc3c(-c4cccc(-c5cc6ccccc6c6ccccc56)c4)cc(C)cc3c2c1.Cc1ccc2oc3c(-c4cccc(-c5cc6ccccc6c6ccccc56)c4)cc(C)cc3c2c1.Cc1cccc2c1oc1c(-c3cccc(-c4cc5ccccc5c5ccccc45)c3)cccc12. The third-order valence-corrected chi connectivity index (χ3v) is 21.5. The van der Waals surface area contributed by atoms with Crippen molar-refractivity contribution in [2.75, 3.05) is 0 Å². The van der Waals surface area contributed by atoms with Gasteiger partial charge < -0.3 is 13.3 Å². The standard InChI is InChI=1S/C35H26O.C34H24O.C33H22O/c1-21-15-23(3)34-32(17-21)33-18-22(2)16-31(35(33)36-34)25-11-8-10-24(19-25)30-20-26-9-4-5-12-27(26)28-13-6-7-14-29(28)30;1-21-14-15-33-31(16-21)32-18-22(2)17-30(34(32)35-33)24-10-7-9-23(19-24)29-20-25-8-3-4-11-26(25)27-12-5-6-13-28(27)29;1-21-9-6-17-29-30-18-8-16-26(33(30)34-32(21)29)22-11-7-12-23(19-22)31-20-24-10-2-3-13-25(24)27-14-4-5-15-28(27)31/h4-20H,1-3H3;3-20H,1-2H3;2-20H,1H3. The second kappa shape index (κ2) is 25.5. The first-order valence-corrected chi connectivity index (χ1v) is 36.3. The van der Waals surface area contributed by atoms with E-state index in [0.717, 1.165) is 66.7 Å². The van der Waals surface area contributed by atoms with Gasteiger partial charge >= 0.3 is 0 Å².